The highest BCUT2D eigenvalue weighted by Crippen LogP contribution is 2.28. The van der Waals surface area contributed by atoms with Crippen LogP contribution in [0.5, 0.6) is 0 Å². The molecule has 2 N–H and O–H groups in total. The molecule has 0 bridgehead atoms. The standard InChI is InChI=1S/C18H26N2O2/c1-3-15(12-14-8-5-4-6-9-14)17(13(2)21)20-11-7-10-16(20)18(19)22/h4-6,8-9,15-17H,3,7,10-12H2,1-2H3,(H2,19,22). The summed E-state index contributed by atoms with van der Waals surface area (Å²) in [6, 6.07) is 9.71. The monoisotopic (exact) mass is 302 g/mol. The number of ketones is 1. The number of primary amides is 1. The predicted molar refractivity (Wildman–Crippen MR) is 87.3 cm³/mol. The van der Waals surface area contributed by atoms with E-state index < -0.39 is 0 Å². The second-order valence-electron chi connectivity index (χ2n) is 6.21. The summed E-state index contributed by atoms with van der Waals surface area (Å²) in [4.78, 5) is 26.0. The lowest BCUT2D eigenvalue weighted by Gasteiger charge is -2.35. The first-order valence-electron chi connectivity index (χ1n) is 8.14. The van der Waals surface area contributed by atoms with Crippen molar-refractivity contribution < 1.29 is 9.59 Å². The van der Waals surface area contributed by atoms with Gasteiger partial charge >= 0.3 is 0 Å². The van der Waals surface area contributed by atoms with Gasteiger partial charge in [0.25, 0.3) is 0 Å². The number of benzene rings is 1. The van der Waals surface area contributed by atoms with Crippen molar-refractivity contribution in [1.82, 2.24) is 4.90 Å². The van der Waals surface area contributed by atoms with Crippen molar-refractivity contribution in [3.05, 3.63) is 35.9 Å². The zero-order chi connectivity index (χ0) is 16.1. The lowest BCUT2D eigenvalue weighted by atomic mass is 9.86. The van der Waals surface area contributed by atoms with Crippen LogP contribution in [0.2, 0.25) is 0 Å². The summed E-state index contributed by atoms with van der Waals surface area (Å²) >= 11 is 0. The van der Waals surface area contributed by atoms with Crippen LogP contribution in [0, 0.1) is 5.92 Å². The van der Waals surface area contributed by atoms with Crippen LogP contribution in [0.15, 0.2) is 30.3 Å². The minimum atomic E-state index is -0.307. The Kier molecular flexibility index (Phi) is 5.72. The van der Waals surface area contributed by atoms with Crippen LogP contribution in [-0.2, 0) is 16.0 Å². The van der Waals surface area contributed by atoms with E-state index in [0.29, 0.717) is 0 Å². The number of hydrogen-bond acceptors (Lipinski definition) is 3. The number of nitrogens with two attached hydrogens (primary N) is 1. The third-order valence-corrected chi connectivity index (χ3v) is 4.71. The Morgan fingerprint density at radius 1 is 1.32 bits per heavy atom. The van der Waals surface area contributed by atoms with Crippen molar-refractivity contribution in [2.75, 3.05) is 6.54 Å². The highest BCUT2D eigenvalue weighted by Gasteiger charge is 2.39. The van der Waals surface area contributed by atoms with E-state index in [0.717, 1.165) is 32.2 Å². The van der Waals surface area contributed by atoms with Crippen LogP contribution in [0.3, 0.4) is 0 Å². The molecule has 120 valence electrons. The van der Waals surface area contributed by atoms with E-state index in [1.807, 2.05) is 23.1 Å². The summed E-state index contributed by atoms with van der Waals surface area (Å²) in [7, 11) is 0. The minimum Gasteiger partial charge on any atom is -0.368 e. The number of likely N-dealkylation sites (tertiary alicyclic amines) is 1. The Hall–Kier alpha value is -1.68. The second kappa shape index (κ2) is 7.54. The molecule has 1 aliphatic heterocycles. The lowest BCUT2D eigenvalue weighted by molar-refractivity contribution is -0.129. The van der Waals surface area contributed by atoms with Crippen LogP contribution < -0.4 is 5.73 Å². The maximum Gasteiger partial charge on any atom is 0.234 e. The molecule has 22 heavy (non-hydrogen) atoms. The zero-order valence-corrected chi connectivity index (χ0v) is 13.5. The van der Waals surface area contributed by atoms with Crippen LogP contribution in [0.25, 0.3) is 0 Å². The maximum atomic E-state index is 12.3. The lowest BCUT2D eigenvalue weighted by Crippen LogP contribution is -2.52. The zero-order valence-electron chi connectivity index (χ0n) is 13.5. The van der Waals surface area contributed by atoms with E-state index in [1.165, 1.54) is 5.56 Å². The molecule has 1 heterocycles. The quantitative estimate of drug-likeness (QED) is 0.839. The largest absolute Gasteiger partial charge is 0.368 e. The Morgan fingerprint density at radius 2 is 2.00 bits per heavy atom. The van der Waals surface area contributed by atoms with Gasteiger partial charge in [-0.15, -0.1) is 0 Å². The van der Waals surface area contributed by atoms with Gasteiger partial charge < -0.3 is 5.73 Å². The Bertz CT molecular complexity index is 515. The molecule has 0 radical (unpaired) electrons. The molecule has 4 nitrogen and oxygen atoms in total. The molecule has 1 saturated heterocycles. The topological polar surface area (TPSA) is 63.4 Å². The van der Waals surface area contributed by atoms with Gasteiger partial charge in [0.05, 0.1) is 12.1 Å². The van der Waals surface area contributed by atoms with E-state index in [4.69, 9.17) is 5.73 Å². The van der Waals surface area contributed by atoms with Gasteiger partial charge in [-0.1, -0.05) is 43.7 Å². The van der Waals surface area contributed by atoms with Crippen LogP contribution in [-0.4, -0.2) is 35.2 Å². The van der Waals surface area contributed by atoms with Crippen molar-refractivity contribution in [1.29, 1.82) is 0 Å². The smallest absolute Gasteiger partial charge is 0.234 e. The fraction of sp³-hybridized carbons (Fsp3) is 0.556. The number of carbonyl (C=O) groups excluding carboxylic acids is 2. The molecule has 0 spiro atoms. The molecule has 0 aliphatic carbocycles. The fourth-order valence-electron chi connectivity index (χ4n) is 3.66. The first-order valence-corrected chi connectivity index (χ1v) is 8.14. The van der Waals surface area contributed by atoms with Gasteiger partial charge in [-0.25, -0.2) is 0 Å². The number of hydrogen-bond donors (Lipinski definition) is 1. The third kappa shape index (κ3) is 3.74. The molecule has 0 aromatic heterocycles. The number of nitrogens with zero attached hydrogens (tertiary/aromatic N) is 1. The summed E-state index contributed by atoms with van der Waals surface area (Å²) in [6.45, 7) is 4.52. The van der Waals surface area contributed by atoms with E-state index >= 15 is 0 Å². The van der Waals surface area contributed by atoms with Crippen molar-refractivity contribution >= 4 is 11.7 Å². The van der Waals surface area contributed by atoms with Crippen molar-refractivity contribution in [2.24, 2.45) is 11.7 Å². The van der Waals surface area contributed by atoms with Crippen molar-refractivity contribution in [3.63, 3.8) is 0 Å². The highest BCUT2D eigenvalue weighted by molar-refractivity contribution is 5.85. The first kappa shape index (κ1) is 16.7. The normalized spacial score (nSPS) is 21.5. The van der Waals surface area contributed by atoms with Gasteiger partial charge in [0.2, 0.25) is 5.91 Å². The van der Waals surface area contributed by atoms with Crippen molar-refractivity contribution in [3.8, 4) is 0 Å². The van der Waals surface area contributed by atoms with Gasteiger partial charge in [-0.05, 0) is 44.2 Å². The molecule has 4 heteroatoms. The Balaban J connectivity index is 2.21. The van der Waals surface area contributed by atoms with Gasteiger partial charge in [0.15, 0.2) is 0 Å². The highest BCUT2D eigenvalue weighted by atomic mass is 16.1. The number of rotatable bonds is 7. The van der Waals surface area contributed by atoms with Crippen LogP contribution >= 0.6 is 0 Å². The summed E-state index contributed by atoms with van der Waals surface area (Å²) in [5.41, 5.74) is 6.76. The molecule has 1 aromatic carbocycles. The summed E-state index contributed by atoms with van der Waals surface area (Å²) in [5, 5.41) is 0. The molecule has 3 unspecified atom stereocenters. The fourth-order valence-corrected chi connectivity index (χ4v) is 3.66. The van der Waals surface area contributed by atoms with Gasteiger partial charge in [-0.2, -0.15) is 0 Å². The second-order valence-corrected chi connectivity index (χ2v) is 6.21. The molecular weight excluding hydrogens is 276 g/mol. The van der Waals surface area contributed by atoms with Gasteiger partial charge in [0, 0.05) is 0 Å². The minimum absolute atomic E-state index is 0.135. The Labute approximate surface area is 132 Å². The maximum absolute atomic E-state index is 12.3. The van der Waals surface area contributed by atoms with Gasteiger partial charge in [-0.3, -0.25) is 14.5 Å². The molecule has 1 aromatic rings. The average Bonchev–Trinajstić information content (AvgIpc) is 2.96. The number of carbonyl (C=O) groups is 2. The van der Waals surface area contributed by atoms with Gasteiger partial charge in [0.1, 0.15) is 5.78 Å². The summed E-state index contributed by atoms with van der Waals surface area (Å²) in [6.07, 6.45) is 3.45. The third-order valence-electron chi connectivity index (χ3n) is 4.71. The molecular formula is C18H26N2O2. The number of Topliss-reactive ketones (excluding diaryl/α,β-unsaturated/α-hetero) is 1. The first-order chi connectivity index (χ1) is 10.5. The number of amides is 1. The molecule has 3 atom stereocenters. The molecule has 0 saturated carbocycles. The SMILES string of the molecule is CCC(Cc1ccccc1)C(C(C)=O)N1CCCC1C(N)=O. The molecule has 1 aliphatic rings. The molecule has 1 amide bonds. The van der Waals surface area contributed by atoms with Crippen LogP contribution in [0.1, 0.15) is 38.7 Å². The molecule has 2 rings (SSSR count). The average molecular weight is 302 g/mol. The Morgan fingerprint density at radius 3 is 2.55 bits per heavy atom. The van der Waals surface area contributed by atoms with Crippen LogP contribution in [0.4, 0.5) is 0 Å². The van der Waals surface area contributed by atoms with E-state index in [9.17, 15) is 9.59 Å². The molecule has 1 fully saturated rings. The summed E-state index contributed by atoms with van der Waals surface area (Å²) in [5.74, 6) is 0.0362. The summed E-state index contributed by atoms with van der Waals surface area (Å²) < 4.78 is 0. The van der Waals surface area contributed by atoms with E-state index in [-0.39, 0.29) is 29.7 Å². The predicted octanol–water partition coefficient (Wildman–Crippen LogP) is 2.16. The van der Waals surface area contributed by atoms with Crippen molar-refractivity contribution in [2.45, 2.75) is 51.6 Å². The van der Waals surface area contributed by atoms with E-state index in [1.54, 1.807) is 6.92 Å². The van der Waals surface area contributed by atoms with E-state index in [2.05, 4.69) is 19.1 Å².